The highest BCUT2D eigenvalue weighted by Gasteiger charge is 2.29. The highest BCUT2D eigenvalue weighted by Crippen LogP contribution is 2.28. The van der Waals surface area contributed by atoms with E-state index < -0.39 is 10.0 Å². The van der Waals surface area contributed by atoms with Crippen LogP contribution in [-0.2, 0) is 10.0 Å². The average molecular weight is 439 g/mol. The summed E-state index contributed by atoms with van der Waals surface area (Å²) in [6.07, 6.45) is 0. The number of anilines is 1. The molecule has 1 fully saturated rings. The third-order valence-electron chi connectivity index (χ3n) is 5.43. The maximum absolute atomic E-state index is 13.1. The monoisotopic (exact) mass is 438 g/mol. The van der Waals surface area contributed by atoms with Crippen LogP contribution in [0.4, 0.5) is 5.82 Å². The van der Waals surface area contributed by atoms with Gasteiger partial charge in [-0.25, -0.2) is 8.42 Å². The molecule has 4 rings (SSSR count). The lowest BCUT2D eigenvalue weighted by molar-refractivity contribution is 0.383. The van der Waals surface area contributed by atoms with Gasteiger partial charge < -0.3 is 9.64 Å². The first-order valence-corrected chi connectivity index (χ1v) is 11.6. The molecule has 0 radical (unpaired) electrons. The van der Waals surface area contributed by atoms with E-state index in [2.05, 4.69) is 15.1 Å². The van der Waals surface area contributed by atoms with Gasteiger partial charge in [-0.3, -0.25) is 0 Å². The Balaban J connectivity index is 1.46. The number of piperazine rings is 1. The standard InChI is InChI=1S/C23H26N4O3S/c1-17-14-18(2)16-19(15-17)31(28,29)27-12-10-26(11-13-27)23-9-8-21(24-25-23)20-6-4-5-7-22(20)30-3/h4-9,14-16H,10-13H2,1-3H3. The third-order valence-corrected chi connectivity index (χ3v) is 7.31. The number of sulfonamides is 1. The zero-order valence-electron chi connectivity index (χ0n) is 17.9. The first kappa shape index (κ1) is 21.3. The molecule has 0 saturated carbocycles. The summed E-state index contributed by atoms with van der Waals surface area (Å²) < 4.78 is 33.1. The Morgan fingerprint density at radius 3 is 2.16 bits per heavy atom. The van der Waals surface area contributed by atoms with Gasteiger partial charge in [0.1, 0.15) is 5.75 Å². The average Bonchev–Trinajstić information content (AvgIpc) is 2.78. The minimum absolute atomic E-state index is 0.361. The molecule has 1 aliphatic heterocycles. The second-order valence-electron chi connectivity index (χ2n) is 7.69. The van der Waals surface area contributed by atoms with Crippen molar-refractivity contribution in [3.63, 3.8) is 0 Å². The normalized spacial score (nSPS) is 15.1. The van der Waals surface area contributed by atoms with Crippen LogP contribution in [0.5, 0.6) is 5.75 Å². The highest BCUT2D eigenvalue weighted by molar-refractivity contribution is 7.89. The van der Waals surface area contributed by atoms with Gasteiger partial charge in [0.25, 0.3) is 0 Å². The van der Waals surface area contributed by atoms with Crippen molar-refractivity contribution < 1.29 is 13.2 Å². The number of nitrogens with zero attached hydrogens (tertiary/aromatic N) is 4. The molecule has 1 aromatic heterocycles. The number of hydrogen-bond acceptors (Lipinski definition) is 6. The molecule has 31 heavy (non-hydrogen) atoms. The van der Waals surface area contributed by atoms with Crippen LogP contribution in [0.25, 0.3) is 11.3 Å². The zero-order valence-corrected chi connectivity index (χ0v) is 18.8. The lowest BCUT2D eigenvalue weighted by Crippen LogP contribution is -2.49. The summed E-state index contributed by atoms with van der Waals surface area (Å²) in [5.74, 6) is 1.48. The van der Waals surface area contributed by atoms with Crippen LogP contribution in [0.2, 0.25) is 0 Å². The van der Waals surface area contributed by atoms with Gasteiger partial charge in [-0.05, 0) is 61.4 Å². The van der Waals surface area contributed by atoms with Crippen LogP contribution in [0.15, 0.2) is 59.5 Å². The fourth-order valence-electron chi connectivity index (χ4n) is 3.88. The van der Waals surface area contributed by atoms with Crippen LogP contribution in [0.1, 0.15) is 11.1 Å². The van der Waals surface area contributed by atoms with Crippen molar-refractivity contribution in [1.29, 1.82) is 0 Å². The molecule has 0 unspecified atom stereocenters. The Morgan fingerprint density at radius 2 is 1.55 bits per heavy atom. The van der Waals surface area contributed by atoms with Gasteiger partial charge in [0.15, 0.2) is 5.82 Å². The van der Waals surface area contributed by atoms with Crippen molar-refractivity contribution in [1.82, 2.24) is 14.5 Å². The van der Waals surface area contributed by atoms with Crippen molar-refractivity contribution in [2.24, 2.45) is 0 Å². The molecular weight excluding hydrogens is 412 g/mol. The predicted octanol–water partition coefficient (Wildman–Crippen LogP) is 3.28. The summed E-state index contributed by atoms with van der Waals surface area (Å²) in [5.41, 5.74) is 3.51. The van der Waals surface area contributed by atoms with Crippen LogP contribution < -0.4 is 9.64 Å². The molecule has 0 aliphatic carbocycles. The second-order valence-corrected chi connectivity index (χ2v) is 9.63. The maximum Gasteiger partial charge on any atom is 0.243 e. The van der Waals surface area contributed by atoms with E-state index in [1.807, 2.05) is 56.3 Å². The second kappa shape index (κ2) is 8.64. The van der Waals surface area contributed by atoms with Crippen molar-refractivity contribution in [3.8, 4) is 17.0 Å². The zero-order chi connectivity index (χ0) is 22.0. The van der Waals surface area contributed by atoms with Crippen LogP contribution in [-0.4, -0.2) is 56.2 Å². The van der Waals surface area contributed by atoms with Gasteiger partial charge in [0.05, 0.1) is 17.7 Å². The number of aryl methyl sites for hydroxylation is 2. The van der Waals surface area contributed by atoms with E-state index in [0.717, 1.165) is 34.0 Å². The van der Waals surface area contributed by atoms with Gasteiger partial charge in [-0.15, -0.1) is 10.2 Å². The van der Waals surface area contributed by atoms with E-state index in [9.17, 15) is 8.42 Å². The van der Waals surface area contributed by atoms with E-state index in [-0.39, 0.29) is 0 Å². The predicted molar refractivity (Wildman–Crippen MR) is 121 cm³/mol. The molecule has 7 nitrogen and oxygen atoms in total. The molecule has 0 atom stereocenters. The van der Waals surface area contributed by atoms with Crippen molar-refractivity contribution in [2.45, 2.75) is 18.7 Å². The Morgan fingerprint density at radius 1 is 0.871 bits per heavy atom. The van der Waals surface area contributed by atoms with E-state index in [4.69, 9.17) is 4.74 Å². The Labute approximate surface area is 183 Å². The van der Waals surface area contributed by atoms with Gasteiger partial charge in [0, 0.05) is 31.7 Å². The topological polar surface area (TPSA) is 75.6 Å². The molecular formula is C23H26N4O3S. The summed E-state index contributed by atoms with van der Waals surface area (Å²) in [6.45, 7) is 5.77. The van der Waals surface area contributed by atoms with Gasteiger partial charge in [-0.1, -0.05) is 18.2 Å². The molecule has 1 saturated heterocycles. The summed E-state index contributed by atoms with van der Waals surface area (Å²) in [5, 5.41) is 8.74. The molecule has 3 aromatic rings. The lowest BCUT2D eigenvalue weighted by atomic mass is 10.1. The first-order chi connectivity index (χ1) is 14.9. The fraction of sp³-hybridized carbons (Fsp3) is 0.304. The number of aromatic nitrogens is 2. The van der Waals surface area contributed by atoms with Crippen molar-refractivity contribution in [2.75, 3.05) is 38.2 Å². The van der Waals surface area contributed by atoms with Crippen LogP contribution in [0, 0.1) is 13.8 Å². The molecule has 1 aliphatic rings. The van der Waals surface area contributed by atoms with E-state index in [1.54, 1.807) is 23.5 Å². The number of para-hydroxylation sites is 1. The molecule has 0 amide bonds. The highest BCUT2D eigenvalue weighted by atomic mass is 32.2. The molecule has 2 aromatic carbocycles. The Bertz CT molecular complexity index is 1150. The van der Waals surface area contributed by atoms with Crippen molar-refractivity contribution >= 4 is 15.8 Å². The fourth-order valence-corrected chi connectivity index (χ4v) is 5.49. The number of methoxy groups -OCH3 is 1. The first-order valence-electron chi connectivity index (χ1n) is 10.2. The number of ether oxygens (including phenoxy) is 1. The molecule has 8 heteroatoms. The van der Waals surface area contributed by atoms with Crippen LogP contribution >= 0.6 is 0 Å². The minimum atomic E-state index is -3.51. The molecule has 0 bridgehead atoms. The largest absolute Gasteiger partial charge is 0.496 e. The Kier molecular flexibility index (Phi) is 5.93. The summed E-state index contributed by atoms with van der Waals surface area (Å²) in [7, 11) is -1.88. The van der Waals surface area contributed by atoms with E-state index in [0.29, 0.717) is 31.1 Å². The lowest BCUT2D eigenvalue weighted by Gasteiger charge is -2.34. The molecule has 0 N–H and O–H groups in total. The van der Waals surface area contributed by atoms with Gasteiger partial charge in [0.2, 0.25) is 10.0 Å². The Hall–Kier alpha value is -2.97. The molecule has 162 valence electrons. The van der Waals surface area contributed by atoms with E-state index >= 15 is 0 Å². The number of rotatable bonds is 5. The maximum atomic E-state index is 13.1. The summed E-state index contributed by atoms with van der Waals surface area (Å²) >= 11 is 0. The van der Waals surface area contributed by atoms with Gasteiger partial charge >= 0.3 is 0 Å². The smallest absolute Gasteiger partial charge is 0.243 e. The summed E-state index contributed by atoms with van der Waals surface area (Å²) in [6, 6.07) is 17.0. The quantitative estimate of drug-likeness (QED) is 0.609. The summed E-state index contributed by atoms with van der Waals surface area (Å²) in [4.78, 5) is 2.42. The minimum Gasteiger partial charge on any atom is -0.496 e. The molecule has 0 spiro atoms. The van der Waals surface area contributed by atoms with E-state index in [1.165, 1.54) is 0 Å². The molecule has 2 heterocycles. The SMILES string of the molecule is COc1ccccc1-c1ccc(N2CCN(S(=O)(=O)c3cc(C)cc(C)c3)CC2)nn1. The van der Waals surface area contributed by atoms with Gasteiger partial charge in [-0.2, -0.15) is 4.31 Å². The number of benzene rings is 2. The van der Waals surface area contributed by atoms with Crippen LogP contribution in [0.3, 0.4) is 0 Å². The number of hydrogen-bond donors (Lipinski definition) is 0. The van der Waals surface area contributed by atoms with Crippen molar-refractivity contribution in [3.05, 3.63) is 65.7 Å². The third kappa shape index (κ3) is 4.40.